The molecular weight excluding hydrogens is 396 g/mol. The van der Waals surface area contributed by atoms with Gasteiger partial charge in [-0.25, -0.2) is 0 Å². The summed E-state index contributed by atoms with van der Waals surface area (Å²) in [5.41, 5.74) is 4.12. The van der Waals surface area contributed by atoms with Crippen LogP contribution in [0.3, 0.4) is 0 Å². The number of hydrogen-bond donors (Lipinski definition) is 2. The van der Waals surface area contributed by atoms with Crippen LogP contribution in [0, 0.1) is 6.92 Å². The second-order valence-corrected chi connectivity index (χ2v) is 7.92. The van der Waals surface area contributed by atoms with Gasteiger partial charge >= 0.3 is 0 Å². The highest BCUT2D eigenvalue weighted by molar-refractivity contribution is 9.10. The summed E-state index contributed by atoms with van der Waals surface area (Å²) in [5, 5.41) is 6.29. The Labute approximate surface area is 160 Å². The molecule has 3 aromatic rings. The normalized spacial score (nSPS) is 10.5. The number of halogens is 1. The fourth-order valence-electron chi connectivity index (χ4n) is 2.49. The quantitative estimate of drug-likeness (QED) is 0.532. The summed E-state index contributed by atoms with van der Waals surface area (Å²) >= 11 is 5.25. The molecule has 1 aromatic heterocycles. The van der Waals surface area contributed by atoms with Crippen molar-refractivity contribution < 1.29 is 4.79 Å². The van der Waals surface area contributed by atoms with Gasteiger partial charge in [0.05, 0.1) is 0 Å². The van der Waals surface area contributed by atoms with Gasteiger partial charge in [-0.3, -0.25) is 4.79 Å². The van der Waals surface area contributed by atoms with Gasteiger partial charge in [-0.15, -0.1) is 11.3 Å². The van der Waals surface area contributed by atoms with Crippen molar-refractivity contribution in [3.8, 4) is 10.4 Å². The van der Waals surface area contributed by atoms with Crippen molar-refractivity contribution >= 4 is 44.5 Å². The molecule has 1 heterocycles. The summed E-state index contributed by atoms with van der Waals surface area (Å²) in [4.78, 5) is 13.8. The summed E-state index contributed by atoms with van der Waals surface area (Å²) in [6.07, 6.45) is 0. The molecule has 0 aliphatic heterocycles. The van der Waals surface area contributed by atoms with Crippen molar-refractivity contribution in [2.24, 2.45) is 0 Å². The van der Waals surface area contributed by atoms with Gasteiger partial charge in [0.15, 0.2) is 0 Å². The average Bonchev–Trinajstić information content (AvgIpc) is 3.05. The second kappa shape index (κ2) is 7.85. The number of nitrogens with one attached hydrogen (secondary N) is 2. The molecule has 3 nitrogen and oxygen atoms in total. The number of amides is 1. The lowest BCUT2D eigenvalue weighted by molar-refractivity contribution is -0.114. The lowest BCUT2D eigenvalue weighted by Gasteiger charge is -2.10. The Kier molecular flexibility index (Phi) is 5.56. The topological polar surface area (TPSA) is 41.1 Å². The molecule has 0 aliphatic rings. The van der Waals surface area contributed by atoms with Crippen LogP contribution in [0.25, 0.3) is 10.4 Å². The van der Waals surface area contributed by atoms with Crippen LogP contribution in [-0.4, -0.2) is 5.91 Å². The first-order chi connectivity index (χ1) is 12.0. The Hall–Kier alpha value is -2.11. The first-order valence-corrected chi connectivity index (χ1v) is 9.59. The van der Waals surface area contributed by atoms with Crippen LogP contribution >= 0.6 is 27.3 Å². The van der Waals surface area contributed by atoms with Crippen LogP contribution in [0.5, 0.6) is 0 Å². The van der Waals surface area contributed by atoms with Gasteiger partial charge in [0, 0.05) is 39.1 Å². The van der Waals surface area contributed by atoms with Gasteiger partial charge in [0.1, 0.15) is 0 Å². The van der Waals surface area contributed by atoms with E-state index in [4.69, 9.17) is 0 Å². The molecule has 0 atom stereocenters. The number of rotatable bonds is 5. The smallest absolute Gasteiger partial charge is 0.221 e. The molecule has 5 heteroatoms. The summed E-state index contributed by atoms with van der Waals surface area (Å²) in [6, 6.07) is 18.7. The average molecular weight is 415 g/mol. The van der Waals surface area contributed by atoms with E-state index in [1.54, 1.807) is 11.3 Å². The number of carbonyl (C=O) groups excluding carboxylic acids is 1. The Bertz CT molecular complexity index is 887. The number of hydrogen-bond acceptors (Lipinski definition) is 3. The van der Waals surface area contributed by atoms with E-state index in [1.165, 1.54) is 22.2 Å². The first kappa shape index (κ1) is 17.7. The maximum atomic E-state index is 11.3. The molecular formula is C20H19BrN2OS. The van der Waals surface area contributed by atoms with Gasteiger partial charge in [0.2, 0.25) is 5.91 Å². The van der Waals surface area contributed by atoms with Crippen molar-refractivity contribution in [2.45, 2.75) is 20.4 Å². The summed E-state index contributed by atoms with van der Waals surface area (Å²) in [5.74, 6) is -0.0577. The zero-order chi connectivity index (χ0) is 17.8. The fraction of sp³-hybridized carbons (Fsp3) is 0.150. The third-order valence-electron chi connectivity index (χ3n) is 3.81. The van der Waals surface area contributed by atoms with E-state index < -0.39 is 0 Å². The lowest BCUT2D eigenvalue weighted by Crippen LogP contribution is -2.07. The van der Waals surface area contributed by atoms with E-state index in [2.05, 4.69) is 63.0 Å². The number of aryl methyl sites for hydroxylation is 1. The molecule has 2 N–H and O–H groups in total. The van der Waals surface area contributed by atoms with Gasteiger partial charge in [0.25, 0.3) is 0 Å². The second-order valence-electron chi connectivity index (χ2n) is 5.84. The van der Waals surface area contributed by atoms with Crippen molar-refractivity contribution in [1.82, 2.24) is 0 Å². The summed E-state index contributed by atoms with van der Waals surface area (Å²) in [6.45, 7) is 4.26. The maximum Gasteiger partial charge on any atom is 0.221 e. The molecule has 0 radical (unpaired) electrons. The van der Waals surface area contributed by atoms with Gasteiger partial charge in [-0.05, 0) is 54.4 Å². The molecule has 0 saturated heterocycles. The summed E-state index contributed by atoms with van der Waals surface area (Å²) < 4.78 is 1.09. The fourth-order valence-corrected chi connectivity index (χ4v) is 3.70. The van der Waals surface area contributed by atoms with E-state index in [0.29, 0.717) is 0 Å². The molecule has 0 bridgehead atoms. The van der Waals surface area contributed by atoms with Crippen LogP contribution < -0.4 is 10.6 Å². The van der Waals surface area contributed by atoms with Crippen LogP contribution in [-0.2, 0) is 11.3 Å². The number of benzene rings is 2. The largest absolute Gasteiger partial charge is 0.380 e. The molecule has 0 saturated carbocycles. The van der Waals surface area contributed by atoms with Crippen LogP contribution in [0.15, 0.2) is 59.1 Å². The van der Waals surface area contributed by atoms with E-state index in [0.717, 1.165) is 28.0 Å². The van der Waals surface area contributed by atoms with Crippen molar-refractivity contribution in [3.05, 3.63) is 69.5 Å². The highest BCUT2D eigenvalue weighted by Crippen LogP contribution is 2.30. The first-order valence-electron chi connectivity index (χ1n) is 7.98. The minimum Gasteiger partial charge on any atom is -0.380 e. The number of anilines is 2. The van der Waals surface area contributed by atoms with Crippen molar-refractivity contribution in [2.75, 3.05) is 10.6 Å². The number of carbonyl (C=O) groups is 1. The van der Waals surface area contributed by atoms with E-state index in [1.807, 2.05) is 25.1 Å². The maximum absolute atomic E-state index is 11.3. The highest BCUT2D eigenvalue weighted by atomic mass is 79.9. The van der Waals surface area contributed by atoms with Gasteiger partial charge in [-0.1, -0.05) is 34.1 Å². The Balaban J connectivity index is 1.68. The van der Waals surface area contributed by atoms with Gasteiger partial charge in [-0.2, -0.15) is 0 Å². The highest BCUT2D eigenvalue weighted by Gasteiger charge is 2.05. The predicted octanol–water partition coefficient (Wildman–Crippen LogP) is 6.06. The van der Waals surface area contributed by atoms with Crippen LogP contribution in [0.2, 0.25) is 0 Å². The molecule has 0 aliphatic carbocycles. The third-order valence-corrected chi connectivity index (χ3v) is 5.47. The lowest BCUT2D eigenvalue weighted by atomic mass is 10.1. The molecule has 0 spiro atoms. The Morgan fingerprint density at radius 1 is 1.08 bits per heavy atom. The Morgan fingerprint density at radius 3 is 2.56 bits per heavy atom. The molecule has 2 aromatic carbocycles. The minimum atomic E-state index is -0.0577. The number of thiophene rings is 1. The molecule has 128 valence electrons. The van der Waals surface area contributed by atoms with E-state index in [-0.39, 0.29) is 5.91 Å². The SMILES string of the molecule is CC(=O)Nc1cc(NCc2ccc(-c3ccc(Br)cc3)s2)ccc1C. The molecule has 25 heavy (non-hydrogen) atoms. The van der Waals surface area contributed by atoms with Gasteiger partial charge < -0.3 is 10.6 Å². The standard InChI is InChI=1S/C20H19BrN2OS/c1-13-3-8-17(11-19(13)23-14(2)24)22-12-18-9-10-20(25-18)15-4-6-16(21)7-5-15/h3-11,22H,12H2,1-2H3,(H,23,24). The minimum absolute atomic E-state index is 0.0577. The molecule has 0 fully saturated rings. The van der Waals surface area contributed by atoms with Crippen LogP contribution in [0.4, 0.5) is 11.4 Å². The monoisotopic (exact) mass is 414 g/mol. The predicted molar refractivity (Wildman–Crippen MR) is 110 cm³/mol. The third kappa shape index (κ3) is 4.71. The molecule has 3 rings (SSSR count). The van der Waals surface area contributed by atoms with Crippen molar-refractivity contribution in [1.29, 1.82) is 0 Å². The van der Waals surface area contributed by atoms with Crippen LogP contribution in [0.1, 0.15) is 17.4 Å². The van der Waals surface area contributed by atoms with Crippen molar-refractivity contribution in [3.63, 3.8) is 0 Å². The molecule has 0 unspecified atom stereocenters. The molecule has 1 amide bonds. The zero-order valence-corrected chi connectivity index (χ0v) is 16.5. The Morgan fingerprint density at radius 2 is 1.84 bits per heavy atom. The summed E-state index contributed by atoms with van der Waals surface area (Å²) in [7, 11) is 0. The zero-order valence-electron chi connectivity index (χ0n) is 14.1. The van der Waals surface area contributed by atoms with E-state index in [9.17, 15) is 4.79 Å². The van der Waals surface area contributed by atoms with E-state index >= 15 is 0 Å².